The average molecular weight is 274 g/mol. The summed E-state index contributed by atoms with van der Waals surface area (Å²) in [6.45, 7) is 3.83. The summed E-state index contributed by atoms with van der Waals surface area (Å²) in [7, 11) is 0. The molecule has 0 atom stereocenters. The number of nitrogens with zero attached hydrogens (tertiary/aromatic N) is 2. The van der Waals surface area contributed by atoms with E-state index < -0.39 is 11.7 Å². The van der Waals surface area contributed by atoms with E-state index in [-0.39, 0.29) is 0 Å². The Balaban J connectivity index is 2.01. The Morgan fingerprint density at radius 3 is 2.20 bits per heavy atom. The molecule has 2 rings (SSSR count). The van der Waals surface area contributed by atoms with E-state index in [2.05, 4.69) is 0 Å². The summed E-state index contributed by atoms with van der Waals surface area (Å²) < 4.78 is 0. The van der Waals surface area contributed by atoms with Gasteiger partial charge in [-0.1, -0.05) is 31.2 Å². The molecule has 1 saturated heterocycles. The van der Waals surface area contributed by atoms with Gasteiger partial charge in [-0.15, -0.1) is 0 Å². The Labute approximate surface area is 118 Å². The molecule has 0 unspecified atom stereocenters. The highest BCUT2D eigenvalue weighted by Crippen LogP contribution is 2.09. The van der Waals surface area contributed by atoms with Gasteiger partial charge in [-0.3, -0.25) is 14.4 Å². The fourth-order valence-electron chi connectivity index (χ4n) is 2.19. The van der Waals surface area contributed by atoms with Crippen molar-refractivity contribution >= 4 is 18.1 Å². The maximum absolute atomic E-state index is 12.1. The third-order valence-corrected chi connectivity index (χ3v) is 3.57. The van der Waals surface area contributed by atoms with Crippen molar-refractivity contribution in [2.45, 2.75) is 13.3 Å². The minimum atomic E-state index is -0.486. The van der Waals surface area contributed by atoms with Crippen LogP contribution in [0.4, 0.5) is 0 Å². The highest BCUT2D eigenvalue weighted by Gasteiger charge is 2.26. The molecule has 106 valence electrons. The Hall–Kier alpha value is -2.17. The van der Waals surface area contributed by atoms with Crippen molar-refractivity contribution in [3.05, 3.63) is 35.4 Å². The van der Waals surface area contributed by atoms with E-state index in [1.807, 2.05) is 19.1 Å². The molecule has 1 aromatic rings. The van der Waals surface area contributed by atoms with Gasteiger partial charge < -0.3 is 9.80 Å². The molecule has 1 heterocycles. The number of Topliss-reactive ketones (excluding diaryl/α,β-unsaturated/α-hetero) is 1. The number of hydrogen-bond donors (Lipinski definition) is 0. The Morgan fingerprint density at radius 2 is 1.70 bits per heavy atom. The van der Waals surface area contributed by atoms with Crippen molar-refractivity contribution in [1.82, 2.24) is 9.80 Å². The van der Waals surface area contributed by atoms with Crippen molar-refractivity contribution in [2.24, 2.45) is 0 Å². The topological polar surface area (TPSA) is 57.7 Å². The number of carbonyl (C=O) groups is 3. The van der Waals surface area contributed by atoms with Gasteiger partial charge in [0.15, 0.2) is 0 Å². The molecular formula is C15H18N2O3. The van der Waals surface area contributed by atoms with E-state index in [9.17, 15) is 14.4 Å². The minimum absolute atomic E-state index is 0.413. The summed E-state index contributed by atoms with van der Waals surface area (Å²) in [4.78, 5) is 38.0. The standard InChI is InChI=1S/C15H18N2O3/c1-2-12-3-5-13(6-4-12)14(19)15(20)17-9-7-16(11-18)8-10-17/h3-6,11H,2,7-10H2,1H3. The lowest BCUT2D eigenvalue weighted by molar-refractivity contribution is -0.131. The first-order valence-corrected chi connectivity index (χ1v) is 6.77. The van der Waals surface area contributed by atoms with Crippen LogP contribution >= 0.6 is 0 Å². The van der Waals surface area contributed by atoms with Gasteiger partial charge in [0.05, 0.1) is 0 Å². The maximum Gasteiger partial charge on any atom is 0.295 e. The molecule has 0 bridgehead atoms. The van der Waals surface area contributed by atoms with Crippen LogP contribution in [-0.2, 0) is 16.0 Å². The fraction of sp³-hybridized carbons (Fsp3) is 0.400. The lowest BCUT2D eigenvalue weighted by Gasteiger charge is -2.32. The lowest BCUT2D eigenvalue weighted by Crippen LogP contribution is -2.50. The van der Waals surface area contributed by atoms with Crippen LogP contribution in [0.25, 0.3) is 0 Å². The van der Waals surface area contributed by atoms with E-state index >= 15 is 0 Å². The highest BCUT2D eigenvalue weighted by molar-refractivity contribution is 6.42. The SMILES string of the molecule is CCc1ccc(C(=O)C(=O)N2CCN(C=O)CC2)cc1. The van der Waals surface area contributed by atoms with Gasteiger partial charge in [0, 0.05) is 31.7 Å². The van der Waals surface area contributed by atoms with Crippen molar-refractivity contribution < 1.29 is 14.4 Å². The van der Waals surface area contributed by atoms with E-state index in [0.29, 0.717) is 31.7 Å². The number of aryl methyl sites for hydroxylation is 1. The van der Waals surface area contributed by atoms with Gasteiger partial charge in [-0.05, 0) is 12.0 Å². The zero-order valence-corrected chi connectivity index (χ0v) is 11.5. The number of rotatable bonds is 4. The molecule has 2 amide bonds. The van der Waals surface area contributed by atoms with Gasteiger partial charge in [0.1, 0.15) is 0 Å². The average Bonchev–Trinajstić information content (AvgIpc) is 2.53. The monoisotopic (exact) mass is 274 g/mol. The molecule has 20 heavy (non-hydrogen) atoms. The number of carbonyl (C=O) groups excluding carboxylic acids is 3. The van der Waals surface area contributed by atoms with Crippen LogP contribution in [0.15, 0.2) is 24.3 Å². The van der Waals surface area contributed by atoms with E-state index in [0.717, 1.165) is 18.4 Å². The van der Waals surface area contributed by atoms with Crippen molar-refractivity contribution in [2.75, 3.05) is 26.2 Å². The van der Waals surface area contributed by atoms with Gasteiger partial charge in [0.2, 0.25) is 12.2 Å². The third kappa shape index (κ3) is 3.04. The normalized spacial score (nSPS) is 15.1. The first-order valence-electron chi connectivity index (χ1n) is 6.77. The second-order valence-corrected chi connectivity index (χ2v) is 4.81. The summed E-state index contributed by atoms with van der Waals surface area (Å²) in [6, 6.07) is 7.12. The summed E-state index contributed by atoms with van der Waals surface area (Å²) in [6.07, 6.45) is 1.67. The van der Waals surface area contributed by atoms with Crippen LogP contribution in [0.3, 0.4) is 0 Å². The van der Waals surface area contributed by atoms with Crippen LogP contribution in [0.5, 0.6) is 0 Å². The molecule has 0 spiro atoms. The van der Waals surface area contributed by atoms with Crippen LogP contribution in [0, 0.1) is 0 Å². The molecule has 1 aliphatic heterocycles. The predicted molar refractivity (Wildman–Crippen MR) is 74.4 cm³/mol. The van der Waals surface area contributed by atoms with E-state index in [4.69, 9.17) is 0 Å². The zero-order chi connectivity index (χ0) is 14.5. The lowest BCUT2D eigenvalue weighted by atomic mass is 10.1. The Morgan fingerprint density at radius 1 is 1.10 bits per heavy atom. The molecule has 5 heteroatoms. The fourth-order valence-corrected chi connectivity index (χ4v) is 2.19. The summed E-state index contributed by atoms with van der Waals surface area (Å²) in [5.74, 6) is -0.966. The molecular weight excluding hydrogens is 256 g/mol. The smallest absolute Gasteiger partial charge is 0.295 e. The first kappa shape index (κ1) is 14.2. The molecule has 0 saturated carbocycles. The quantitative estimate of drug-likeness (QED) is 0.462. The van der Waals surface area contributed by atoms with Crippen molar-refractivity contribution in [3.63, 3.8) is 0 Å². The van der Waals surface area contributed by atoms with E-state index in [1.165, 1.54) is 4.90 Å². The van der Waals surface area contributed by atoms with Crippen LogP contribution < -0.4 is 0 Å². The van der Waals surface area contributed by atoms with Gasteiger partial charge >= 0.3 is 0 Å². The molecule has 1 fully saturated rings. The Kier molecular flexibility index (Phi) is 4.50. The first-order chi connectivity index (χ1) is 9.65. The van der Waals surface area contributed by atoms with Gasteiger partial charge in [0.25, 0.3) is 5.91 Å². The van der Waals surface area contributed by atoms with Crippen LogP contribution in [0.2, 0.25) is 0 Å². The van der Waals surface area contributed by atoms with Gasteiger partial charge in [-0.25, -0.2) is 0 Å². The number of amides is 2. The number of piperazine rings is 1. The number of ketones is 1. The zero-order valence-electron chi connectivity index (χ0n) is 11.5. The second-order valence-electron chi connectivity index (χ2n) is 4.81. The largest absolute Gasteiger partial charge is 0.342 e. The molecule has 0 aromatic heterocycles. The second kappa shape index (κ2) is 6.32. The summed E-state index contributed by atoms with van der Waals surface area (Å²) in [5.41, 5.74) is 1.55. The minimum Gasteiger partial charge on any atom is -0.342 e. The van der Waals surface area contributed by atoms with Crippen LogP contribution in [-0.4, -0.2) is 54.1 Å². The summed E-state index contributed by atoms with van der Waals surface area (Å²) >= 11 is 0. The van der Waals surface area contributed by atoms with Crippen LogP contribution in [0.1, 0.15) is 22.8 Å². The molecule has 0 radical (unpaired) electrons. The number of hydrogen-bond acceptors (Lipinski definition) is 3. The number of benzene rings is 1. The predicted octanol–water partition coefficient (Wildman–Crippen LogP) is 0.732. The molecule has 5 nitrogen and oxygen atoms in total. The van der Waals surface area contributed by atoms with E-state index in [1.54, 1.807) is 17.0 Å². The molecule has 0 N–H and O–H groups in total. The Bertz CT molecular complexity index is 502. The van der Waals surface area contributed by atoms with Crippen molar-refractivity contribution in [3.8, 4) is 0 Å². The molecule has 1 aromatic carbocycles. The molecule has 0 aliphatic carbocycles. The third-order valence-electron chi connectivity index (χ3n) is 3.57. The summed E-state index contributed by atoms with van der Waals surface area (Å²) in [5, 5.41) is 0. The van der Waals surface area contributed by atoms with Gasteiger partial charge in [-0.2, -0.15) is 0 Å². The molecule has 1 aliphatic rings. The van der Waals surface area contributed by atoms with Crippen molar-refractivity contribution in [1.29, 1.82) is 0 Å². The highest BCUT2D eigenvalue weighted by atomic mass is 16.2. The maximum atomic E-state index is 12.1.